The SMILES string of the molecule is CC1CCCC1(O)c1cccc(Br)c1F. The summed E-state index contributed by atoms with van der Waals surface area (Å²) in [4.78, 5) is 0. The maximum Gasteiger partial charge on any atom is 0.143 e. The van der Waals surface area contributed by atoms with Crippen molar-refractivity contribution in [2.45, 2.75) is 31.8 Å². The van der Waals surface area contributed by atoms with Gasteiger partial charge in [0.15, 0.2) is 0 Å². The molecule has 1 saturated carbocycles. The third-order valence-electron chi connectivity index (χ3n) is 3.43. The summed E-state index contributed by atoms with van der Waals surface area (Å²) in [6.07, 6.45) is 2.58. The van der Waals surface area contributed by atoms with Gasteiger partial charge in [0.25, 0.3) is 0 Å². The molecule has 1 aliphatic carbocycles. The van der Waals surface area contributed by atoms with E-state index in [1.807, 2.05) is 6.92 Å². The van der Waals surface area contributed by atoms with Crippen LogP contribution < -0.4 is 0 Å². The van der Waals surface area contributed by atoms with Gasteiger partial charge in [-0.3, -0.25) is 0 Å². The van der Waals surface area contributed by atoms with E-state index >= 15 is 0 Å². The van der Waals surface area contributed by atoms with Gasteiger partial charge in [0.1, 0.15) is 5.82 Å². The van der Waals surface area contributed by atoms with Crippen molar-refractivity contribution >= 4 is 15.9 Å². The van der Waals surface area contributed by atoms with E-state index in [9.17, 15) is 9.50 Å². The molecular formula is C12H14BrFO. The number of aliphatic hydroxyl groups is 1. The van der Waals surface area contributed by atoms with Crippen LogP contribution in [0.15, 0.2) is 22.7 Å². The van der Waals surface area contributed by atoms with Crippen LogP contribution in [-0.4, -0.2) is 5.11 Å². The third-order valence-corrected chi connectivity index (χ3v) is 4.04. The summed E-state index contributed by atoms with van der Waals surface area (Å²) in [5, 5.41) is 10.5. The molecular weight excluding hydrogens is 259 g/mol. The Morgan fingerprint density at radius 3 is 2.87 bits per heavy atom. The second-order valence-corrected chi connectivity index (χ2v) is 5.17. The largest absolute Gasteiger partial charge is 0.385 e. The predicted molar refractivity (Wildman–Crippen MR) is 61.0 cm³/mol. The molecule has 0 amide bonds. The fourth-order valence-electron chi connectivity index (χ4n) is 2.40. The summed E-state index contributed by atoms with van der Waals surface area (Å²) in [5.41, 5.74) is -0.546. The Kier molecular flexibility index (Phi) is 2.86. The zero-order valence-corrected chi connectivity index (χ0v) is 10.2. The molecule has 0 aliphatic heterocycles. The second-order valence-electron chi connectivity index (χ2n) is 4.32. The monoisotopic (exact) mass is 272 g/mol. The van der Waals surface area contributed by atoms with Crippen molar-refractivity contribution in [3.8, 4) is 0 Å². The normalized spacial score (nSPS) is 30.8. The predicted octanol–water partition coefficient (Wildman–Crippen LogP) is 3.60. The summed E-state index contributed by atoms with van der Waals surface area (Å²) in [6.45, 7) is 1.98. The Bertz CT molecular complexity index is 380. The van der Waals surface area contributed by atoms with E-state index in [0.717, 1.165) is 12.8 Å². The summed E-state index contributed by atoms with van der Waals surface area (Å²) in [5.74, 6) is -0.199. The summed E-state index contributed by atoms with van der Waals surface area (Å²) < 4.78 is 14.3. The molecule has 0 spiro atoms. The maximum absolute atomic E-state index is 13.9. The Labute approximate surface area is 97.4 Å². The van der Waals surface area contributed by atoms with Crippen LogP contribution in [-0.2, 0) is 5.60 Å². The van der Waals surface area contributed by atoms with Crippen molar-refractivity contribution in [2.24, 2.45) is 5.92 Å². The zero-order valence-electron chi connectivity index (χ0n) is 8.63. The van der Waals surface area contributed by atoms with Crippen LogP contribution in [0.3, 0.4) is 0 Å². The number of halogens is 2. The first kappa shape index (κ1) is 11.1. The van der Waals surface area contributed by atoms with Crippen LogP contribution >= 0.6 is 15.9 Å². The molecule has 1 aromatic carbocycles. The Morgan fingerprint density at radius 2 is 2.27 bits per heavy atom. The van der Waals surface area contributed by atoms with Crippen LogP contribution in [0.1, 0.15) is 31.7 Å². The van der Waals surface area contributed by atoms with Crippen molar-refractivity contribution in [3.05, 3.63) is 34.1 Å². The van der Waals surface area contributed by atoms with Gasteiger partial charge in [-0.05, 0) is 47.2 Å². The molecule has 0 saturated heterocycles. The second kappa shape index (κ2) is 3.87. The van der Waals surface area contributed by atoms with Crippen LogP contribution in [0.25, 0.3) is 0 Å². The molecule has 1 aromatic rings. The van der Waals surface area contributed by atoms with Gasteiger partial charge < -0.3 is 5.11 Å². The van der Waals surface area contributed by atoms with Crippen molar-refractivity contribution in [3.63, 3.8) is 0 Å². The molecule has 1 N–H and O–H groups in total. The van der Waals surface area contributed by atoms with Gasteiger partial charge in [0.2, 0.25) is 0 Å². The fourth-order valence-corrected chi connectivity index (χ4v) is 2.77. The lowest BCUT2D eigenvalue weighted by molar-refractivity contribution is 0.00109. The highest BCUT2D eigenvalue weighted by molar-refractivity contribution is 9.10. The number of benzene rings is 1. The van der Waals surface area contributed by atoms with E-state index < -0.39 is 5.60 Å². The van der Waals surface area contributed by atoms with Gasteiger partial charge in [-0.25, -0.2) is 4.39 Å². The Balaban J connectivity index is 2.49. The highest BCUT2D eigenvalue weighted by atomic mass is 79.9. The van der Waals surface area contributed by atoms with E-state index in [4.69, 9.17) is 0 Å². The lowest BCUT2D eigenvalue weighted by Gasteiger charge is -2.28. The lowest BCUT2D eigenvalue weighted by atomic mass is 9.85. The average molecular weight is 273 g/mol. The molecule has 2 atom stereocenters. The van der Waals surface area contributed by atoms with Crippen molar-refractivity contribution < 1.29 is 9.50 Å². The third kappa shape index (κ3) is 1.72. The molecule has 1 nitrogen and oxygen atoms in total. The first-order valence-corrected chi connectivity index (χ1v) is 6.02. The van der Waals surface area contributed by atoms with Gasteiger partial charge in [-0.1, -0.05) is 19.1 Å². The van der Waals surface area contributed by atoms with Crippen LogP contribution in [0.2, 0.25) is 0 Å². The molecule has 0 bridgehead atoms. The smallest absolute Gasteiger partial charge is 0.143 e. The first-order chi connectivity index (χ1) is 7.05. The van der Waals surface area contributed by atoms with Crippen molar-refractivity contribution in [1.29, 1.82) is 0 Å². The Morgan fingerprint density at radius 1 is 1.53 bits per heavy atom. The summed E-state index contributed by atoms with van der Waals surface area (Å²) >= 11 is 3.15. The zero-order chi connectivity index (χ0) is 11.1. The van der Waals surface area contributed by atoms with Crippen LogP contribution in [0.4, 0.5) is 4.39 Å². The highest BCUT2D eigenvalue weighted by Gasteiger charge is 2.41. The van der Waals surface area contributed by atoms with E-state index in [1.165, 1.54) is 0 Å². The lowest BCUT2D eigenvalue weighted by Crippen LogP contribution is -2.29. The molecule has 1 fully saturated rings. The number of hydrogen-bond acceptors (Lipinski definition) is 1. The Hall–Kier alpha value is -0.410. The highest BCUT2D eigenvalue weighted by Crippen LogP contribution is 2.44. The number of hydrogen-bond donors (Lipinski definition) is 1. The van der Waals surface area contributed by atoms with Crippen molar-refractivity contribution in [1.82, 2.24) is 0 Å². The molecule has 2 unspecified atom stereocenters. The minimum atomic E-state index is -0.978. The quantitative estimate of drug-likeness (QED) is 0.829. The molecule has 3 heteroatoms. The van der Waals surface area contributed by atoms with E-state index in [1.54, 1.807) is 18.2 Å². The molecule has 0 radical (unpaired) electrons. The molecule has 0 aromatic heterocycles. The van der Waals surface area contributed by atoms with Crippen LogP contribution in [0, 0.1) is 11.7 Å². The first-order valence-electron chi connectivity index (χ1n) is 5.22. The summed E-state index contributed by atoms with van der Waals surface area (Å²) in [6, 6.07) is 5.11. The standard InChI is InChI=1S/C12H14BrFO/c1-8-4-3-7-12(8,15)9-5-2-6-10(13)11(9)14/h2,5-6,8,15H,3-4,7H2,1H3. The minimum absolute atomic E-state index is 0.126. The molecule has 82 valence electrons. The van der Waals surface area contributed by atoms with Gasteiger partial charge in [-0.2, -0.15) is 0 Å². The molecule has 2 rings (SSSR count). The maximum atomic E-state index is 13.9. The van der Waals surface area contributed by atoms with Crippen molar-refractivity contribution in [2.75, 3.05) is 0 Å². The minimum Gasteiger partial charge on any atom is -0.385 e. The van der Waals surface area contributed by atoms with E-state index in [2.05, 4.69) is 15.9 Å². The topological polar surface area (TPSA) is 20.2 Å². The van der Waals surface area contributed by atoms with E-state index in [-0.39, 0.29) is 11.7 Å². The van der Waals surface area contributed by atoms with E-state index in [0.29, 0.717) is 16.5 Å². The van der Waals surface area contributed by atoms with Gasteiger partial charge >= 0.3 is 0 Å². The molecule has 0 heterocycles. The number of rotatable bonds is 1. The molecule has 1 aliphatic rings. The fraction of sp³-hybridized carbons (Fsp3) is 0.500. The van der Waals surface area contributed by atoms with Crippen LogP contribution in [0.5, 0.6) is 0 Å². The molecule has 15 heavy (non-hydrogen) atoms. The van der Waals surface area contributed by atoms with Gasteiger partial charge in [0.05, 0.1) is 10.1 Å². The van der Waals surface area contributed by atoms with Gasteiger partial charge in [0, 0.05) is 5.56 Å². The van der Waals surface area contributed by atoms with Gasteiger partial charge in [-0.15, -0.1) is 0 Å². The average Bonchev–Trinajstić information content (AvgIpc) is 2.53. The summed E-state index contributed by atoms with van der Waals surface area (Å²) in [7, 11) is 0.